The largest absolute Gasteiger partial charge is 0.489 e. The lowest BCUT2D eigenvalue weighted by molar-refractivity contribution is 0.0995. The first-order chi connectivity index (χ1) is 14.6. The smallest absolute Gasteiger partial charge is 0.316 e. The number of nitrogens with one attached hydrogen (secondary N) is 2. The summed E-state index contributed by atoms with van der Waals surface area (Å²) < 4.78 is 11.7. The van der Waals surface area contributed by atoms with Crippen LogP contribution in [0.5, 0.6) is 5.75 Å². The zero-order valence-corrected chi connectivity index (χ0v) is 15.9. The van der Waals surface area contributed by atoms with Crippen LogP contribution in [-0.2, 0) is 6.61 Å². The van der Waals surface area contributed by atoms with E-state index in [1.54, 1.807) is 30.3 Å². The van der Waals surface area contributed by atoms with Crippen molar-refractivity contribution < 1.29 is 18.7 Å². The van der Waals surface area contributed by atoms with Crippen molar-refractivity contribution in [2.45, 2.75) is 6.61 Å². The molecule has 1 aromatic heterocycles. The molecule has 30 heavy (non-hydrogen) atoms. The van der Waals surface area contributed by atoms with E-state index in [1.807, 2.05) is 48.5 Å². The average Bonchev–Trinajstić information content (AvgIpc) is 3.11. The fraction of sp³-hybridized carbons (Fsp3) is 0.0435. The summed E-state index contributed by atoms with van der Waals surface area (Å²) in [5.41, 5.74) is 7.35. The van der Waals surface area contributed by atoms with Crippen LogP contribution in [0.2, 0.25) is 0 Å². The Kier molecular flexibility index (Phi) is 5.34. The summed E-state index contributed by atoms with van der Waals surface area (Å²) in [5.74, 6) is 0.439. The SMILES string of the molecule is NC(=O)Nc1cccc(NC(=O)c2oc3ccccc3c2COc2ccccc2)c1. The maximum Gasteiger partial charge on any atom is 0.316 e. The third kappa shape index (κ3) is 4.25. The molecular weight excluding hydrogens is 382 g/mol. The van der Waals surface area contributed by atoms with Crippen molar-refractivity contribution in [3.05, 3.63) is 90.2 Å². The van der Waals surface area contributed by atoms with Gasteiger partial charge in [0.25, 0.3) is 5.91 Å². The van der Waals surface area contributed by atoms with E-state index in [2.05, 4.69) is 10.6 Å². The van der Waals surface area contributed by atoms with Crippen molar-refractivity contribution in [2.75, 3.05) is 10.6 Å². The fourth-order valence-corrected chi connectivity index (χ4v) is 3.10. The van der Waals surface area contributed by atoms with Gasteiger partial charge in [0.05, 0.1) is 0 Å². The van der Waals surface area contributed by atoms with Crippen molar-refractivity contribution in [2.24, 2.45) is 5.73 Å². The van der Waals surface area contributed by atoms with Crippen LogP contribution < -0.4 is 21.1 Å². The minimum Gasteiger partial charge on any atom is -0.489 e. The summed E-state index contributed by atoms with van der Waals surface area (Å²) in [5, 5.41) is 6.07. The van der Waals surface area contributed by atoms with Crippen LogP contribution in [-0.4, -0.2) is 11.9 Å². The predicted molar refractivity (Wildman–Crippen MR) is 115 cm³/mol. The Morgan fingerprint density at radius 3 is 2.33 bits per heavy atom. The minimum absolute atomic E-state index is 0.167. The molecule has 0 spiro atoms. The molecule has 1 heterocycles. The van der Waals surface area contributed by atoms with Crippen LogP contribution >= 0.6 is 0 Å². The Hall–Kier alpha value is -4.26. The Bertz CT molecular complexity index is 1200. The van der Waals surface area contributed by atoms with Crippen molar-refractivity contribution in [1.82, 2.24) is 0 Å². The summed E-state index contributed by atoms with van der Waals surface area (Å²) in [7, 11) is 0. The van der Waals surface area contributed by atoms with E-state index in [0.717, 1.165) is 5.39 Å². The normalized spacial score (nSPS) is 10.5. The molecule has 150 valence electrons. The van der Waals surface area contributed by atoms with Crippen molar-refractivity contribution >= 4 is 34.3 Å². The van der Waals surface area contributed by atoms with Gasteiger partial charge in [-0.25, -0.2) is 4.79 Å². The number of carbonyl (C=O) groups is 2. The number of benzene rings is 3. The molecule has 0 aliphatic carbocycles. The first-order valence-electron chi connectivity index (χ1n) is 9.26. The van der Waals surface area contributed by atoms with Crippen molar-refractivity contribution in [3.63, 3.8) is 0 Å². The number of primary amides is 1. The maximum absolute atomic E-state index is 13.0. The summed E-state index contributed by atoms with van der Waals surface area (Å²) in [6, 6.07) is 22.7. The van der Waals surface area contributed by atoms with Gasteiger partial charge in [-0.15, -0.1) is 0 Å². The number of ether oxygens (including phenoxy) is 1. The lowest BCUT2D eigenvalue weighted by Crippen LogP contribution is -2.19. The van der Waals surface area contributed by atoms with Gasteiger partial charge in [-0.2, -0.15) is 0 Å². The number of urea groups is 1. The minimum atomic E-state index is -0.684. The number of hydrogen-bond acceptors (Lipinski definition) is 4. The zero-order chi connectivity index (χ0) is 20.9. The van der Waals surface area contributed by atoms with Crippen molar-refractivity contribution in [3.8, 4) is 5.75 Å². The van der Waals surface area contributed by atoms with E-state index in [0.29, 0.717) is 28.3 Å². The number of nitrogens with two attached hydrogens (primary N) is 1. The van der Waals surface area contributed by atoms with Gasteiger partial charge in [-0.05, 0) is 36.4 Å². The second kappa shape index (κ2) is 8.40. The lowest BCUT2D eigenvalue weighted by Gasteiger charge is -2.09. The third-order valence-electron chi connectivity index (χ3n) is 4.42. The Morgan fingerprint density at radius 1 is 0.867 bits per heavy atom. The molecule has 0 bridgehead atoms. The van der Waals surface area contributed by atoms with Gasteiger partial charge in [0.15, 0.2) is 5.76 Å². The molecule has 4 rings (SSSR count). The molecule has 0 aliphatic heterocycles. The monoisotopic (exact) mass is 401 g/mol. The number of amides is 3. The second-order valence-corrected chi connectivity index (χ2v) is 6.53. The molecule has 3 aromatic carbocycles. The standard InChI is InChI=1S/C23H19N3O4/c24-23(28)26-16-8-6-7-15(13-16)25-22(27)21-19(14-29-17-9-2-1-3-10-17)18-11-4-5-12-20(18)30-21/h1-13H,14H2,(H,25,27)(H3,24,26,28). The van der Waals surface area contributed by atoms with Gasteiger partial charge < -0.3 is 25.5 Å². The Balaban J connectivity index is 1.61. The van der Waals surface area contributed by atoms with Gasteiger partial charge in [-0.1, -0.05) is 42.5 Å². The van der Waals surface area contributed by atoms with Crippen LogP contribution in [0.3, 0.4) is 0 Å². The van der Waals surface area contributed by atoms with E-state index in [4.69, 9.17) is 14.9 Å². The maximum atomic E-state index is 13.0. The molecule has 0 unspecified atom stereocenters. The molecule has 0 aliphatic rings. The first kappa shape index (κ1) is 19.1. The average molecular weight is 401 g/mol. The molecule has 0 saturated heterocycles. The molecule has 0 saturated carbocycles. The van der Waals surface area contributed by atoms with Gasteiger partial charge >= 0.3 is 6.03 Å². The van der Waals surface area contributed by atoms with Gasteiger partial charge in [0.1, 0.15) is 17.9 Å². The van der Waals surface area contributed by atoms with Crippen LogP contribution in [0.1, 0.15) is 16.1 Å². The lowest BCUT2D eigenvalue weighted by atomic mass is 10.1. The molecule has 4 N–H and O–H groups in total. The molecule has 0 fully saturated rings. The predicted octanol–water partition coefficient (Wildman–Crippen LogP) is 4.75. The number of fused-ring (bicyclic) bond motifs is 1. The van der Waals surface area contributed by atoms with Crippen LogP contribution in [0.25, 0.3) is 11.0 Å². The molecule has 7 heteroatoms. The summed E-state index contributed by atoms with van der Waals surface area (Å²) >= 11 is 0. The summed E-state index contributed by atoms with van der Waals surface area (Å²) in [4.78, 5) is 24.0. The van der Waals surface area contributed by atoms with Gasteiger partial charge in [0.2, 0.25) is 0 Å². The van der Waals surface area contributed by atoms with Gasteiger partial charge in [0, 0.05) is 22.3 Å². The molecule has 4 aromatic rings. The van der Waals surface area contributed by atoms with Crippen molar-refractivity contribution in [1.29, 1.82) is 0 Å². The van der Waals surface area contributed by atoms with E-state index >= 15 is 0 Å². The van der Waals surface area contributed by atoms with Crippen LogP contribution in [0.4, 0.5) is 16.2 Å². The Labute approximate surface area is 172 Å². The molecule has 7 nitrogen and oxygen atoms in total. The fourth-order valence-electron chi connectivity index (χ4n) is 3.10. The third-order valence-corrected chi connectivity index (χ3v) is 4.42. The molecule has 0 radical (unpaired) electrons. The number of para-hydroxylation sites is 2. The molecule has 3 amide bonds. The number of rotatable bonds is 6. The first-order valence-corrected chi connectivity index (χ1v) is 9.26. The number of furan rings is 1. The number of hydrogen-bond donors (Lipinski definition) is 3. The molecular formula is C23H19N3O4. The summed E-state index contributed by atoms with van der Waals surface area (Å²) in [6.07, 6.45) is 0. The van der Waals surface area contributed by atoms with Crippen LogP contribution in [0.15, 0.2) is 83.3 Å². The number of anilines is 2. The van der Waals surface area contributed by atoms with E-state index in [1.165, 1.54) is 0 Å². The molecule has 0 atom stereocenters. The topological polar surface area (TPSA) is 107 Å². The number of carbonyl (C=O) groups excluding carboxylic acids is 2. The highest BCUT2D eigenvalue weighted by atomic mass is 16.5. The van der Waals surface area contributed by atoms with Gasteiger partial charge in [-0.3, -0.25) is 4.79 Å². The Morgan fingerprint density at radius 2 is 1.57 bits per heavy atom. The quantitative estimate of drug-likeness (QED) is 0.433. The highest BCUT2D eigenvalue weighted by molar-refractivity contribution is 6.06. The summed E-state index contributed by atoms with van der Waals surface area (Å²) in [6.45, 7) is 0.174. The highest BCUT2D eigenvalue weighted by Crippen LogP contribution is 2.28. The van der Waals surface area contributed by atoms with E-state index in [-0.39, 0.29) is 12.4 Å². The van der Waals surface area contributed by atoms with E-state index in [9.17, 15) is 9.59 Å². The second-order valence-electron chi connectivity index (χ2n) is 6.53. The van der Waals surface area contributed by atoms with Crippen LogP contribution in [0, 0.1) is 0 Å². The van der Waals surface area contributed by atoms with E-state index < -0.39 is 11.9 Å². The zero-order valence-electron chi connectivity index (χ0n) is 15.9. The highest BCUT2D eigenvalue weighted by Gasteiger charge is 2.21.